The predicted molar refractivity (Wildman–Crippen MR) is 124 cm³/mol. The zero-order valence-corrected chi connectivity index (χ0v) is 18.9. The van der Waals surface area contributed by atoms with Crippen molar-refractivity contribution in [2.24, 2.45) is 0 Å². The van der Waals surface area contributed by atoms with Crippen LogP contribution in [0.3, 0.4) is 0 Å². The van der Waals surface area contributed by atoms with Gasteiger partial charge < -0.3 is 9.88 Å². The van der Waals surface area contributed by atoms with Gasteiger partial charge in [-0.25, -0.2) is 12.8 Å². The molecule has 32 heavy (non-hydrogen) atoms. The number of benzene rings is 3. The van der Waals surface area contributed by atoms with Crippen LogP contribution in [0.2, 0.25) is 10.0 Å². The zero-order chi connectivity index (χ0) is 22.9. The molecule has 0 aliphatic heterocycles. The monoisotopic (exact) mass is 490 g/mol. The summed E-state index contributed by atoms with van der Waals surface area (Å²) < 4.78 is 41.9. The molecule has 0 aliphatic carbocycles. The Morgan fingerprint density at radius 3 is 2.47 bits per heavy atom. The topological polar surface area (TPSA) is 68.2 Å². The van der Waals surface area contributed by atoms with Crippen LogP contribution in [-0.4, -0.2) is 18.9 Å². The third kappa shape index (κ3) is 4.65. The largest absolute Gasteiger partial charge is 0.337 e. The quantitative estimate of drug-likeness (QED) is 0.376. The lowest BCUT2D eigenvalue weighted by Gasteiger charge is -2.08. The number of halogens is 3. The summed E-state index contributed by atoms with van der Waals surface area (Å²) in [5.74, 6) is -1.45. The molecule has 1 N–H and O–H groups in total. The molecule has 4 rings (SSSR count). The molecule has 0 saturated heterocycles. The van der Waals surface area contributed by atoms with E-state index in [-0.39, 0.29) is 27.9 Å². The molecule has 0 aliphatic rings. The highest BCUT2D eigenvalue weighted by Crippen LogP contribution is 2.29. The van der Waals surface area contributed by atoms with Crippen LogP contribution in [0.5, 0.6) is 0 Å². The first-order valence-corrected chi connectivity index (χ1v) is 11.9. The van der Waals surface area contributed by atoms with Crippen LogP contribution in [0, 0.1) is 5.82 Å². The van der Waals surface area contributed by atoms with Gasteiger partial charge in [0.25, 0.3) is 0 Å². The first-order valence-electron chi connectivity index (χ1n) is 9.53. The Labute approximate surface area is 194 Å². The third-order valence-electron chi connectivity index (χ3n) is 4.91. The summed E-state index contributed by atoms with van der Waals surface area (Å²) in [7, 11) is -3.76. The smallest absolute Gasteiger partial charge is 0.244 e. The molecule has 1 heterocycles. The SMILES string of the molecule is O=C(Cn1cc(S(=O)(=O)Cc2ccccc2Cl)c2ccccc21)Nc1ccc(Cl)cc1F. The van der Waals surface area contributed by atoms with Crippen LogP contribution >= 0.6 is 23.2 Å². The molecule has 0 atom stereocenters. The maximum atomic E-state index is 14.0. The van der Waals surface area contributed by atoms with Crippen molar-refractivity contribution >= 4 is 55.5 Å². The molecule has 0 bridgehead atoms. The van der Waals surface area contributed by atoms with Gasteiger partial charge >= 0.3 is 0 Å². The van der Waals surface area contributed by atoms with Crippen molar-refractivity contribution in [1.82, 2.24) is 4.57 Å². The van der Waals surface area contributed by atoms with E-state index < -0.39 is 21.6 Å². The van der Waals surface area contributed by atoms with Crippen LogP contribution in [-0.2, 0) is 26.9 Å². The molecule has 0 spiro atoms. The number of hydrogen-bond donors (Lipinski definition) is 1. The number of para-hydroxylation sites is 1. The maximum absolute atomic E-state index is 14.0. The molecule has 0 fully saturated rings. The van der Waals surface area contributed by atoms with Crippen molar-refractivity contribution in [2.75, 3.05) is 5.32 Å². The van der Waals surface area contributed by atoms with Crippen LogP contribution in [0.4, 0.5) is 10.1 Å². The summed E-state index contributed by atoms with van der Waals surface area (Å²) in [6.45, 7) is -0.204. The van der Waals surface area contributed by atoms with Crippen molar-refractivity contribution in [3.63, 3.8) is 0 Å². The minimum Gasteiger partial charge on any atom is -0.337 e. The van der Waals surface area contributed by atoms with Crippen molar-refractivity contribution < 1.29 is 17.6 Å². The Hall–Kier alpha value is -2.87. The van der Waals surface area contributed by atoms with Crippen LogP contribution in [0.25, 0.3) is 10.9 Å². The molecule has 4 aromatic rings. The lowest BCUT2D eigenvalue weighted by atomic mass is 10.2. The molecule has 0 radical (unpaired) electrons. The van der Waals surface area contributed by atoms with Gasteiger partial charge in [-0.15, -0.1) is 0 Å². The molecular weight excluding hydrogens is 474 g/mol. The summed E-state index contributed by atoms with van der Waals surface area (Å²) in [5.41, 5.74) is 1.04. The molecule has 1 aromatic heterocycles. The third-order valence-corrected chi connectivity index (χ3v) is 7.20. The summed E-state index contributed by atoms with van der Waals surface area (Å²) in [5, 5.41) is 3.55. The second kappa shape index (κ2) is 8.94. The summed E-state index contributed by atoms with van der Waals surface area (Å²) in [6, 6.07) is 17.6. The molecule has 0 unspecified atom stereocenters. The molecule has 9 heteroatoms. The Kier molecular flexibility index (Phi) is 6.24. The minimum absolute atomic E-state index is 0.0116. The van der Waals surface area contributed by atoms with E-state index in [0.29, 0.717) is 21.5 Å². The van der Waals surface area contributed by atoms with Gasteiger partial charge in [-0.05, 0) is 35.9 Å². The van der Waals surface area contributed by atoms with Crippen molar-refractivity contribution in [3.05, 3.63) is 94.4 Å². The number of nitrogens with zero attached hydrogens (tertiary/aromatic N) is 1. The number of nitrogens with one attached hydrogen (secondary N) is 1. The van der Waals surface area contributed by atoms with E-state index in [1.54, 1.807) is 48.5 Å². The fraction of sp³-hybridized carbons (Fsp3) is 0.0870. The second-order valence-corrected chi connectivity index (χ2v) is 9.96. The van der Waals surface area contributed by atoms with E-state index in [2.05, 4.69) is 5.32 Å². The molecular formula is C23H17Cl2FN2O3S. The number of carbonyl (C=O) groups excluding carboxylic acids is 1. The van der Waals surface area contributed by atoms with Crippen molar-refractivity contribution in [3.8, 4) is 0 Å². The number of aromatic nitrogens is 1. The van der Waals surface area contributed by atoms with Gasteiger partial charge in [0.15, 0.2) is 9.84 Å². The summed E-state index contributed by atoms with van der Waals surface area (Å²) in [4.78, 5) is 12.7. The van der Waals surface area contributed by atoms with Crippen molar-refractivity contribution in [2.45, 2.75) is 17.2 Å². The zero-order valence-electron chi connectivity index (χ0n) is 16.6. The predicted octanol–water partition coefficient (Wildman–Crippen LogP) is 5.70. The normalized spacial score (nSPS) is 11.6. The van der Waals surface area contributed by atoms with Gasteiger partial charge in [0.05, 0.1) is 16.3 Å². The number of carbonyl (C=O) groups is 1. The van der Waals surface area contributed by atoms with Gasteiger partial charge in [-0.3, -0.25) is 4.79 Å². The number of hydrogen-bond acceptors (Lipinski definition) is 3. The highest BCUT2D eigenvalue weighted by atomic mass is 35.5. The molecule has 1 amide bonds. The van der Waals surface area contributed by atoms with Crippen LogP contribution in [0.1, 0.15) is 5.56 Å². The van der Waals surface area contributed by atoms with E-state index >= 15 is 0 Å². The standard InChI is InChI=1S/C23H17Cl2FN2O3S/c24-16-9-10-20(19(26)11-16)27-23(29)13-28-12-22(17-6-2-4-8-21(17)28)32(30,31)14-15-5-1-3-7-18(15)25/h1-12H,13-14H2,(H,27,29). The summed E-state index contributed by atoms with van der Waals surface area (Å²) in [6.07, 6.45) is 1.43. The van der Waals surface area contributed by atoms with E-state index in [4.69, 9.17) is 23.2 Å². The first kappa shape index (κ1) is 22.3. The van der Waals surface area contributed by atoms with Crippen molar-refractivity contribution in [1.29, 1.82) is 0 Å². The van der Waals surface area contributed by atoms with E-state index in [0.717, 1.165) is 6.07 Å². The maximum Gasteiger partial charge on any atom is 0.244 e. The molecule has 164 valence electrons. The van der Waals surface area contributed by atoms with E-state index in [1.807, 2.05) is 0 Å². The number of anilines is 1. The van der Waals surface area contributed by atoms with Gasteiger partial charge in [-0.1, -0.05) is 59.6 Å². The van der Waals surface area contributed by atoms with Gasteiger partial charge in [-0.2, -0.15) is 0 Å². The molecule has 0 saturated carbocycles. The Morgan fingerprint density at radius 1 is 1.00 bits per heavy atom. The fourth-order valence-corrected chi connectivity index (χ4v) is 5.48. The average molecular weight is 491 g/mol. The lowest BCUT2D eigenvalue weighted by Crippen LogP contribution is -2.19. The number of amides is 1. The molecule has 3 aromatic carbocycles. The number of rotatable bonds is 6. The Balaban J connectivity index is 1.65. The number of sulfone groups is 1. The molecule has 5 nitrogen and oxygen atoms in total. The van der Waals surface area contributed by atoms with E-state index in [1.165, 1.54) is 22.9 Å². The average Bonchev–Trinajstić information content (AvgIpc) is 3.11. The van der Waals surface area contributed by atoms with Gasteiger partial charge in [0.2, 0.25) is 5.91 Å². The lowest BCUT2D eigenvalue weighted by molar-refractivity contribution is -0.116. The minimum atomic E-state index is -3.76. The van der Waals surface area contributed by atoms with E-state index in [9.17, 15) is 17.6 Å². The van der Waals surface area contributed by atoms with Gasteiger partial charge in [0.1, 0.15) is 12.4 Å². The first-order chi connectivity index (χ1) is 15.2. The Bertz CT molecular complexity index is 1430. The highest BCUT2D eigenvalue weighted by molar-refractivity contribution is 7.90. The fourth-order valence-electron chi connectivity index (χ4n) is 3.42. The highest BCUT2D eigenvalue weighted by Gasteiger charge is 2.23. The number of fused-ring (bicyclic) bond motifs is 1. The van der Waals surface area contributed by atoms with Crippen LogP contribution < -0.4 is 5.32 Å². The Morgan fingerprint density at radius 2 is 1.72 bits per heavy atom. The summed E-state index contributed by atoms with van der Waals surface area (Å²) >= 11 is 11.9. The van der Waals surface area contributed by atoms with Gasteiger partial charge in [0, 0.05) is 27.1 Å². The second-order valence-electron chi connectivity index (χ2n) is 7.16. The van der Waals surface area contributed by atoms with Crippen LogP contribution in [0.15, 0.2) is 77.8 Å².